The molecule has 3 nitrogen and oxygen atoms in total. The minimum absolute atomic E-state index is 0. The van der Waals surface area contributed by atoms with Crippen molar-refractivity contribution in [1.29, 1.82) is 0 Å². The van der Waals surface area contributed by atoms with Gasteiger partial charge in [0.15, 0.2) is 0 Å². The molecule has 0 unspecified atom stereocenters. The molecule has 22 heavy (non-hydrogen) atoms. The van der Waals surface area contributed by atoms with Gasteiger partial charge >= 0.3 is 5.97 Å². The van der Waals surface area contributed by atoms with E-state index in [1.54, 1.807) is 0 Å². The molecule has 0 aromatic heterocycles. The third-order valence-corrected chi connectivity index (χ3v) is 3.55. The molecule has 0 radical (unpaired) electrons. The van der Waals surface area contributed by atoms with Crippen LogP contribution in [-0.2, 0) is 22.5 Å². The van der Waals surface area contributed by atoms with Crippen molar-refractivity contribution in [2.75, 3.05) is 14.2 Å². The van der Waals surface area contributed by atoms with Crippen molar-refractivity contribution in [3.8, 4) is 0 Å². The lowest BCUT2D eigenvalue weighted by atomic mass is 10.0. The molecule has 0 aliphatic rings. The summed E-state index contributed by atoms with van der Waals surface area (Å²) in [6.07, 6.45) is 0.650. The fraction of sp³-hybridized carbons (Fsp3) is 0.278. The molecule has 0 N–H and O–H groups in total. The monoisotopic (exact) mass is 319 g/mol. The zero-order valence-corrected chi connectivity index (χ0v) is 13.8. The summed E-state index contributed by atoms with van der Waals surface area (Å²) < 4.78 is 4.96. The predicted molar refractivity (Wildman–Crippen MR) is 91.1 cm³/mol. The highest BCUT2D eigenvalue weighted by molar-refractivity contribution is 5.85. The summed E-state index contributed by atoms with van der Waals surface area (Å²) in [5.41, 5.74) is 2.31. The molecule has 0 aliphatic heterocycles. The van der Waals surface area contributed by atoms with Crippen molar-refractivity contribution in [3.05, 3.63) is 71.8 Å². The highest BCUT2D eigenvalue weighted by Gasteiger charge is 2.24. The van der Waals surface area contributed by atoms with Crippen molar-refractivity contribution in [2.24, 2.45) is 0 Å². The van der Waals surface area contributed by atoms with Crippen LogP contribution in [0.4, 0.5) is 0 Å². The molecule has 0 amide bonds. The van der Waals surface area contributed by atoms with Crippen LogP contribution in [0.25, 0.3) is 0 Å². The standard InChI is InChI=1S/C18H21NO2.ClH/c1-19(14-16-11-7-4-8-12-16)17(18(20)21-2)13-15-9-5-3-6-10-15;/h3-12,17H,13-14H2,1-2H3;1H/t17-;/m1./s1. The molecular formula is C18H22ClNO2. The minimum Gasteiger partial charge on any atom is -0.468 e. The summed E-state index contributed by atoms with van der Waals surface area (Å²) in [5, 5.41) is 0. The smallest absolute Gasteiger partial charge is 0.323 e. The van der Waals surface area contributed by atoms with Gasteiger partial charge in [0.05, 0.1) is 7.11 Å². The molecule has 2 rings (SSSR count). The van der Waals surface area contributed by atoms with Gasteiger partial charge in [0, 0.05) is 6.54 Å². The highest BCUT2D eigenvalue weighted by Crippen LogP contribution is 2.12. The van der Waals surface area contributed by atoms with Gasteiger partial charge in [-0.05, 0) is 24.6 Å². The van der Waals surface area contributed by atoms with Crippen LogP contribution >= 0.6 is 12.4 Å². The van der Waals surface area contributed by atoms with Gasteiger partial charge in [0.2, 0.25) is 0 Å². The summed E-state index contributed by atoms with van der Waals surface area (Å²) in [5.74, 6) is -0.197. The van der Waals surface area contributed by atoms with Crippen molar-refractivity contribution in [1.82, 2.24) is 4.90 Å². The number of carbonyl (C=O) groups excluding carboxylic acids is 1. The van der Waals surface area contributed by atoms with Crippen molar-refractivity contribution >= 4 is 18.4 Å². The number of ether oxygens (including phenoxy) is 1. The zero-order chi connectivity index (χ0) is 15.1. The van der Waals surface area contributed by atoms with Gasteiger partial charge in [0.25, 0.3) is 0 Å². The quantitative estimate of drug-likeness (QED) is 0.765. The second-order valence-corrected chi connectivity index (χ2v) is 5.13. The zero-order valence-electron chi connectivity index (χ0n) is 12.9. The topological polar surface area (TPSA) is 29.5 Å². The van der Waals surface area contributed by atoms with Crippen molar-refractivity contribution in [3.63, 3.8) is 0 Å². The Morgan fingerprint density at radius 2 is 1.50 bits per heavy atom. The Bertz CT molecular complexity index is 560. The summed E-state index contributed by atoms with van der Waals surface area (Å²) >= 11 is 0. The Balaban J connectivity index is 0.00000242. The Kier molecular flexibility index (Phi) is 7.64. The van der Waals surface area contributed by atoms with Gasteiger partial charge in [-0.3, -0.25) is 9.69 Å². The first-order valence-corrected chi connectivity index (χ1v) is 7.06. The first-order valence-electron chi connectivity index (χ1n) is 7.06. The number of likely N-dealkylation sites (N-methyl/N-ethyl adjacent to an activating group) is 1. The molecule has 0 fully saturated rings. The Labute approximate surface area is 138 Å². The molecule has 118 valence electrons. The first kappa shape index (κ1) is 18.2. The number of benzene rings is 2. The van der Waals surface area contributed by atoms with Gasteiger partial charge in [-0.2, -0.15) is 0 Å². The van der Waals surface area contributed by atoms with E-state index in [1.165, 1.54) is 12.7 Å². The van der Waals surface area contributed by atoms with E-state index in [4.69, 9.17) is 4.74 Å². The van der Waals surface area contributed by atoms with Crippen LogP contribution in [0.2, 0.25) is 0 Å². The molecule has 0 saturated carbocycles. The average Bonchev–Trinajstić information content (AvgIpc) is 2.53. The molecule has 0 spiro atoms. The van der Waals surface area contributed by atoms with Gasteiger partial charge in [-0.25, -0.2) is 0 Å². The van der Waals surface area contributed by atoms with Crippen LogP contribution in [0, 0.1) is 0 Å². The summed E-state index contributed by atoms with van der Waals surface area (Å²) in [6.45, 7) is 0.716. The lowest BCUT2D eigenvalue weighted by Gasteiger charge is -2.26. The molecule has 2 aromatic carbocycles. The lowest BCUT2D eigenvalue weighted by molar-refractivity contribution is -0.146. The Morgan fingerprint density at radius 3 is 2.00 bits per heavy atom. The maximum absolute atomic E-state index is 12.1. The first-order chi connectivity index (χ1) is 10.2. The number of rotatable bonds is 6. The molecule has 0 saturated heterocycles. The largest absolute Gasteiger partial charge is 0.468 e. The number of carbonyl (C=O) groups is 1. The number of halogens is 1. The van der Waals surface area contributed by atoms with Crippen LogP contribution < -0.4 is 0 Å². The van der Waals surface area contributed by atoms with Crippen LogP contribution in [0.3, 0.4) is 0 Å². The van der Waals surface area contributed by atoms with Gasteiger partial charge in [-0.1, -0.05) is 60.7 Å². The SMILES string of the molecule is COC(=O)[C@@H](Cc1ccccc1)N(C)Cc1ccccc1.Cl. The van der Waals surface area contributed by atoms with Crippen LogP contribution in [0.1, 0.15) is 11.1 Å². The second-order valence-electron chi connectivity index (χ2n) is 5.13. The van der Waals surface area contributed by atoms with E-state index in [0.29, 0.717) is 13.0 Å². The van der Waals surface area contributed by atoms with E-state index >= 15 is 0 Å². The number of esters is 1. The van der Waals surface area contributed by atoms with Crippen LogP contribution in [-0.4, -0.2) is 31.1 Å². The maximum Gasteiger partial charge on any atom is 0.323 e. The van der Waals surface area contributed by atoms with E-state index in [-0.39, 0.29) is 24.4 Å². The van der Waals surface area contributed by atoms with Gasteiger partial charge < -0.3 is 4.74 Å². The number of nitrogens with zero attached hydrogens (tertiary/aromatic N) is 1. The Morgan fingerprint density at radius 1 is 1.00 bits per heavy atom. The van der Waals surface area contributed by atoms with E-state index in [9.17, 15) is 4.79 Å². The van der Waals surface area contributed by atoms with Gasteiger partial charge in [0.1, 0.15) is 6.04 Å². The summed E-state index contributed by atoms with van der Waals surface area (Å²) in [7, 11) is 3.40. The number of hydrogen-bond donors (Lipinski definition) is 0. The third-order valence-electron chi connectivity index (χ3n) is 3.55. The Hall–Kier alpha value is -1.84. The fourth-order valence-electron chi connectivity index (χ4n) is 2.37. The molecule has 2 aromatic rings. The maximum atomic E-state index is 12.1. The molecule has 4 heteroatoms. The van der Waals surface area contributed by atoms with Crippen LogP contribution in [0.15, 0.2) is 60.7 Å². The number of hydrogen-bond acceptors (Lipinski definition) is 3. The molecule has 1 atom stereocenters. The average molecular weight is 320 g/mol. The molecule has 0 heterocycles. The predicted octanol–water partition coefficient (Wildman–Crippen LogP) is 3.32. The molecular weight excluding hydrogens is 298 g/mol. The third kappa shape index (κ3) is 5.17. The fourth-order valence-corrected chi connectivity index (χ4v) is 2.37. The number of methoxy groups -OCH3 is 1. The van der Waals surface area contributed by atoms with E-state index in [1.807, 2.05) is 60.5 Å². The second kappa shape index (κ2) is 9.23. The van der Waals surface area contributed by atoms with Gasteiger partial charge in [-0.15, -0.1) is 12.4 Å². The minimum atomic E-state index is -0.280. The van der Waals surface area contributed by atoms with E-state index in [2.05, 4.69) is 12.1 Å². The highest BCUT2D eigenvalue weighted by atomic mass is 35.5. The van der Waals surface area contributed by atoms with E-state index < -0.39 is 0 Å². The normalized spacial score (nSPS) is 11.6. The summed E-state index contributed by atoms with van der Waals surface area (Å²) in [6, 6.07) is 19.9. The molecule has 0 aliphatic carbocycles. The van der Waals surface area contributed by atoms with E-state index in [0.717, 1.165) is 5.56 Å². The van der Waals surface area contributed by atoms with Crippen LogP contribution in [0.5, 0.6) is 0 Å². The van der Waals surface area contributed by atoms with Crippen molar-refractivity contribution < 1.29 is 9.53 Å². The van der Waals surface area contributed by atoms with Crippen molar-refractivity contribution in [2.45, 2.75) is 19.0 Å². The molecule has 0 bridgehead atoms. The lowest BCUT2D eigenvalue weighted by Crippen LogP contribution is -2.40. The summed E-state index contributed by atoms with van der Waals surface area (Å²) in [4.78, 5) is 14.1.